The van der Waals surface area contributed by atoms with Crippen molar-refractivity contribution in [1.82, 2.24) is 4.90 Å². The molecule has 0 aliphatic carbocycles. The van der Waals surface area contributed by atoms with E-state index < -0.39 is 0 Å². The normalized spacial score (nSPS) is 17.5. The van der Waals surface area contributed by atoms with Gasteiger partial charge in [0.2, 0.25) is 0 Å². The van der Waals surface area contributed by atoms with Crippen LogP contribution in [-0.2, 0) is 16.2 Å². The summed E-state index contributed by atoms with van der Waals surface area (Å²) in [5, 5.41) is 4.41. The molecule has 0 N–H and O–H groups in total. The minimum atomic E-state index is 0.130. The number of ether oxygens (including phenoxy) is 1. The fourth-order valence-electron chi connectivity index (χ4n) is 3.02. The van der Waals surface area contributed by atoms with Crippen LogP contribution in [0.4, 0.5) is 0 Å². The molecule has 1 heterocycles. The molecule has 1 saturated heterocycles. The number of rotatable bonds is 6. The minimum absolute atomic E-state index is 0.130. The van der Waals surface area contributed by atoms with Crippen LogP contribution in [0.3, 0.4) is 0 Å². The lowest BCUT2D eigenvalue weighted by molar-refractivity contribution is 0.0273. The van der Waals surface area contributed by atoms with E-state index in [0.717, 1.165) is 37.6 Å². The summed E-state index contributed by atoms with van der Waals surface area (Å²) in [5.74, 6) is 0. The van der Waals surface area contributed by atoms with E-state index in [9.17, 15) is 0 Å². The van der Waals surface area contributed by atoms with Crippen molar-refractivity contribution in [3.63, 3.8) is 0 Å². The average molecular weight is 324 g/mol. The number of morpholine rings is 1. The van der Waals surface area contributed by atoms with E-state index in [1.165, 1.54) is 5.56 Å². The summed E-state index contributed by atoms with van der Waals surface area (Å²) in [6, 6.07) is 20.7. The number of benzene rings is 2. The molecule has 0 bridgehead atoms. The summed E-state index contributed by atoms with van der Waals surface area (Å²) in [4.78, 5) is 8.01. The van der Waals surface area contributed by atoms with Gasteiger partial charge < -0.3 is 9.57 Å². The number of nitrogens with zero attached hydrogens (tertiary/aromatic N) is 2. The lowest BCUT2D eigenvalue weighted by atomic mass is 10.0. The van der Waals surface area contributed by atoms with E-state index in [0.29, 0.717) is 6.61 Å². The second-order valence-electron chi connectivity index (χ2n) is 5.95. The Labute approximate surface area is 143 Å². The summed E-state index contributed by atoms with van der Waals surface area (Å²) in [6.07, 6.45) is 0. The number of hydrogen-bond acceptors (Lipinski definition) is 4. The Balaban J connectivity index is 1.72. The Morgan fingerprint density at radius 1 is 1.04 bits per heavy atom. The van der Waals surface area contributed by atoms with Gasteiger partial charge in [0.25, 0.3) is 0 Å². The number of hydrogen-bond donors (Lipinski definition) is 0. The van der Waals surface area contributed by atoms with Crippen molar-refractivity contribution in [3.8, 4) is 0 Å². The maximum absolute atomic E-state index is 5.60. The molecule has 4 heteroatoms. The van der Waals surface area contributed by atoms with Gasteiger partial charge in [0.1, 0.15) is 6.61 Å². The van der Waals surface area contributed by atoms with E-state index in [-0.39, 0.29) is 6.04 Å². The molecule has 2 aromatic rings. The summed E-state index contributed by atoms with van der Waals surface area (Å²) < 4.78 is 5.49. The molecule has 1 atom stereocenters. The standard InChI is InChI=1S/C20H24N2O2/c1-17(21-24-16-18-8-4-2-5-9-18)20(19-10-6-3-7-11-19)22-12-14-23-15-13-22/h2-11,20H,12-16H2,1H3. The molecule has 126 valence electrons. The number of oxime groups is 1. The van der Waals surface area contributed by atoms with Crippen molar-refractivity contribution >= 4 is 5.71 Å². The van der Waals surface area contributed by atoms with E-state index in [2.05, 4.69) is 34.3 Å². The second kappa shape index (κ2) is 8.62. The maximum Gasteiger partial charge on any atom is 0.142 e. The van der Waals surface area contributed by atoms with Gasteiger partial charge >= 0.3 is 0 Å². The second-order valence-corrected chi connectivity index (χ2v) is 5.95. The van der Waals surface area contributed by atoms with E-state index in [4.69, 9.17) is 9.57 Å². The van der Waals surface area contributed by atoms with Gasteiger partial charge in [-0.2, -0.15) is 0 Å². The smallest absolute Gasteiger partial charge is 0.142 e. The molecule has 0 radical (unpaired) electrons. The molecule has 4 nitrogen and oxygen atoms in total. The lowest BCUT2D eigenvalue weighted by Gasteiger charge is -2.34. The summed E-state index contributed by atoms with van der Waals surface area (Å²) in [7, 11) is 0. The van der Waals surface area contributed by atoms with Crippen LogP contribution in [0.1, 0.15) is 24.1 Å². The van der Waals surface area contributed by atoms with Gasteiger partial charge in [-0.25, -0.2) is 0 Å². The Hall–Kier alpha value is -2.17. The van der Waals surface area contributed by atoms with Gasteiger partial charge in [-0.05, 0) is 18.1 Å². The third kappa shape index (κ3) is 4.43. The Morgan fingerprint density at radius 2 is 1.67 bits per heavy atom. The minimum Gasteiger partial charge on any atom is -0.391 e. The van der Waals surface area contributed by atoms with E-state index in [1.807, 2.05) is 43.3 Å². The highest BCUT2D eigenvalue weighted by Crippen LogP contribution is 2.23. The van der Waals surface area contributed by atoms with Crippen LogP contribution < -0.4 is 0 Å². The third-order valence-electron chi connectivity index (χ3n) is 4.20. The molecule has 0 spiro atoms. The third-order valence-corrected chi connectivity index (χ3v) is 4.20. The first-order valence-corrected chi connectivity index (χ1v) is 8.42. The Morgan fingerprint density at radius 3 is 2.33 bits per heavy atom. The molecule has 1 unspecified atom stereocenters. The van der Waals surface area contributed by atoms with Gasteiger partial charge in [-0.3, -0.25) is 4.90 Å². The first kappa shape index (κ1) is 16.7. The van der Waals surface area contributed by atoms with Crippen LogP contribution in [0.2, 0.25) is 0 Å². The highest BCUT2D eigenvalue weighted by Gasteiger charge is 2.25. The van der Waals surface area contributed by atoms with Crippen molar-refractivity contribution in [2.24, 2.45) is 5.16 Å². The average Bonchev–Trinajstić information content (AvgIpc) is 2.65. The zero-order valence-electron chi connectivity index (χ0n) is 14.1. The predicted molar refractivity (Wildman–Crippen MR) is 95.9 cm³/mol. The Bertz CT molecular complexity index is 637. The van der Waals surface area contributed by atoms with Crippen molar-refractivity contribution in [1.29, 1.82) is 0 Å². The van der Waals surface area contributed by atoms with Crippen LogP contribution in [-0.4, -0.2) is 36.9 Å². The molecular formula is C20H24N2O2. The molecule has 1 aliphatic heterocycles. The van der Waals surface area contributed by atoms with E-state index >= 15 is 0 Å². The maximum atomic E-state index is 5.60. The fraction of sp³-hybridized carbons (Fsp3) is 0.350. The summed E-state index contributed by atoms with van der Waals surface area (Å²) in [5.41, 5.74) is 3.33. The fourth-order valence-corrected chi connectivity index (χ4v) is 3.02. The van der Waals surface area contributed by atoms with Crippen LogP contribution in [0.15, 0.2) is 65.8 Å². The monoisotopic (exact) mass is 324 g/mol. The zero-order valence-corrected chi connectivity index (χ0v) is 14.1. The molecule has 3 rings (SSSR count). The van der Waals surface area contributed by atoms with E-state index in [1.54, 1.807) is 0 Å². The lowest BCUT2D eigenvalue weighted by Crippen LogP contribution is -2.41. The van der Waals surface area contributed by atoms with Gasteiger partial charge in [-0.1, -0.05) is 65.8 Å². The quantitative estimate of drug-likeness (QED) is 0.601. The first-order chi connectivity index (χ1) is 11.8. The highest BCUT2D eigenvalue weighted by molar-refractivity contribution is 5.88. The van der Waals surface area contributed by atoms with Crippen molar-refractivity contribution in [2.75, 3.05) is 26.3 Å². The van der Waals surface area contributed by atoms with Gasteiger partial charge in [-0.15, -0.1) is 0 Å². The topological polar surface area (TPSA) is 34.1 Å². The molecule has 1 aliphatic rings. The molecule has 0 saturated carbocycles. The molecule has 0 aromatic heterocycles. The summed E-state index contributed by atoms with van der Waals surface area (Å²) >= 11 is 0. The van der Waals surface area contributed by atoms with Crippen molar-refractivity contribution in [3.05, 3.63) is 71.8 Å². The van der Waals surface area contributed by atoms with Gasteiger partial charge in [0, 0.05) is 13.1 Å². The van der Waals surface area contributed by atoms with Crippen LogP contribution >= 0.6 is 0 Å². The largest absolute Gasteiger partial charge is 0.391 e. The molecule has 1 fully saturated rings. The van der Waals surface area contributed by atoms with Crippen molar-refractivity contribution in [2.45, 2.75) is 19.6 Å². The van der Waals surface area contributed by atoms with Crippen LogP contribution in [0, 0.1) is 0 Å². The molecular weight excluding hydrogens is 300 g/mol. The molecule has 0 amide bonds. The Kier molecular flexibility index (Phi) is 5.99. The summed E-state index contributed by atoms with van der Waals surface area (Å²) in [6.45, 7) is 5.88. The van der Waals surface area contributed by atoms with Gasteiger partial charge in [0.15, 0.2) is 0 Å². The van der Waals surface area contributed by atoms with Crippen LogP contribution in [0.5, 0.6) is 0 Å². The SMILES string of the molecule is CC(=NOCc1ccccc1)C(c1ccccc1)N1CCOCC1. The van der Waals surface area contributed by atoms with Crippen molar-refractivity contribution < 1.29 is 9.57 Å². The first-order valence-electron chi connectivity index (χ1n) is 8.42. The molecule has 24 heavy (non-hydrogen) atoms. The zero-order chi connectivity index (χ0) is 16.6. The van der Waals surface area contributed by atoms with Crippen LogP contribution in [0.25, 0.3) is 0 Å². The highest BCUT2D eigenvalue weighted by atomic mass is 16.6. The van der Waals surface area contributed by atoms with Gasteiger partial charge in [0.05, 0.1) is 25.0 Å². The molecule has 2 aromatic carbocycles. The predicted octanol–water partition coefficient (Wildman–Crippen LogP) is 3.65.